The Kier molecular flexibility index (Phi) is 4.20. The van der Waals surface area contributed by atoms with E-state index in [0.717, 1.165) is 28.4 Å². The Morgan fingerprint density at radius 3 is 3.12 bits per heavy atom. The molecular formula is C11H15N3OS2. The SMILES string of the molecule is COCCC(C)Sc1nc(N)c2ccsc2n1. The number of fused-ring (bicyclic) bond motifs is 1. The maximum atomic E-state index is 5.89. The smallest absolute Gasteiger partial charge is 0.191 e. The number of ether oxygens (including phenoxy) is 1. The number of aromatic nitrogens is 2. The molecule has 0 radical (unpaired) electrons. The molecule has 2 aromatic rings. The average molecular weight is 269 g/mol. The van der Waals surface area contributed by atoms with Gasteiger partial charge >= 0.3 is 0 Å². The van der Waals surface area contributed by atoms with Crippen LogP contribution in [0.3, 0.4) is 0 Å². The molecule has 17 heavy (non-hydrogen) atoms. The van der Waals surface area contributed by atoms with Crippen molar-refractivity contribution in [2.45, 2.75) is 23.8 Å². The van der Waals surface area contributed by atoms with Gasteiger partial charge in [-0.05, 0) is 17.9 Å². The van der Waals surface area contributed by atoms with Crippen LogP contribution < -0.4 is 5.73 Å². The Hall–Kier alpha value is -0.850. The van der Waals surface area contributed by atoms with Crippen LogP contribution in [-0.2, 0) is 4.74 Å². The first-order chi connectivity index (χ1) is 8.20. The second kappa shape index (κ2) is 5.66. The molecule has 0 saturated carbocycles. The van der Waals surface area contributed by atoms with E-state index in [1.165, 1.54) is 0 Å². The third-order valence-corrected chi connectivity index (χ3v) is 4.21. The van der Waals surface area contributed by atoms with Crippen LogP contribution in [0.1, 0.15) is 13.3 Å². The molecule has 0 aliphatic rings. The van der Waals surface area contributed by atoms with Gasteiger partial charge in [-0.2, -0.15) is 0 Å². The lowest BCUT2D eigenvalue weighted by atomic mass is 10.3. The van der Waals surface area contributed by atoms with Crippen molar-refractivity contribution in [2.75, 3.05) is 19.5 Å². The van der Waals surface area contributed by atoms with Crippen molar-refractivity contribution in [1.29, 1.82) is 0 Å². The van der Waals surface area contributed by atoms with Crippen molar-refractivity contribution >= 4 is 39.1 Å². The second-order valence-corrected chi connectivity index (χ2v) is 6.04. The molecule has 2 N–H and O–H groups in total. The van der Waals surface area contributed by atoms with Gasteiger partial charge in [0.25, 0.3) is 0 Å². The van der Waals surface area contributed by atoms with Gasteiger partial charge in [-0.15, -0.1) is 11.3 Å². The molecule has 4 nitrogen and oxygen atoms in total. The number of nitrogen functional groups attached to an aromatic ring is 1. The van der Waals surface area contributed by atoms with Gasteiger partial charge in [0.1, 0.15) is 10.6 Å². The minimum atomic E-state index is 0.423. The maximum absolute atomic E-state index is 5.89. The number of anilines is 1. The topological polar surface area (TPSA) is 61.0 Å². The quantitative estimate of drug-likeness (QED) is 0.668. The van der Waals surface area contributed by atoms with Crippen LogP contribution in [0.5, 0.6) is 0 Å². The number of nitrogens with zero attached hydrogens (tertiary/aromatic N) is 2. The van der Waals surface area contributed by atoms with Crippen LogP contribution in [0.25, 0.3) is 10.2 Å². The van der Waals surface area contributed by atoms with Crippen LogP contribution in [0.4, 0.5) is 5.82 Å². The van der Waals surface area contributed by atoms with Gasteiger partial charge < -0.3 is 10.5 Å². The molecular weight excluding hydrogens is 254 g/mol. The number of thiophene rings is 1. The van der Waals surface area contributed by atoms with Crippen molar-refractivity contribution in [3.63, 3.8) is 0 Å². The Morgan fingerprint density at radius 2 is 2.35 bits per heavy atom. The molecule has 0 amide bonds. The van der Waals surface area contributed by atoms with Gasteiger partial charge in [-0.1, -0.05) is 18.7 Å². The first-order valence-corrected chi connectivity index (χ1v) is 7.13. The highest BCUT2D eigenvalue weighted by Gasteiger charge is 2.10. The number of rotatable bonds is 5. The molecule has 0 fully saturated rings. The summed E-state index contributed by atoms with van der Waals surface area (Å²) in [6.07, 6.45) is 0.979. The highest BCUT2D eigenvalue weighted by molar-refractivity contribution is 7.99. The zero-order valence-corrected chi connectivity index (χ0v) is 11.5. The molecule has 1 atom stereocenters. The summed E-state index contributed by atoms with van der Waals surface area (Å²) in [5.74, 6) is 0.567. The summed E-state index contributed by atoms with van der Waals surface area (Å²) in [7, 11) is 1.71. The summed E-state index contributed by atoms with van der Waals surface area (Å²) in [6.45, 7) is 2.90. The van der Waals surface area contributed by atoms with E-state index < -0.39 is 0 Å². The van der Waals surface area contributed by atoms with Crippen LogP contribution in [0.2, 0.25) is 0 Å². The fourth-order valence-corrected chi connectivity index (χ4v) is 3.13. The Morgan fingerprint density at radius 1 is 1.53 bits per heavy atom. The minimum absolute atomic E-state index is 0.423. The number of hydrogen-bond donors (Lipinski definition) is 1. The van der Waals surface area contributed by atoms with E-state index >= 15 is 0 Å². The van der Waals surface area contributed by atoms with E-state index in [0.29, 0.717) is 11.1 Å². The fourth-order valence-electron chi connectivity index (χ4n) is 1.43. The monoisotopic (exact) mass is 269 g/mol. The van der Waals surface area contributed by atoms with Gasteiger partial charge in [-0.3, -0.25) is 0 Å². The molecule has 2 aromatic heterocycles. The third kappa shape index (κ3) is 3.08. The molecule has 92 valence electrons. The highest BCUT2D eigenvalue weighted by Crippen LogP contribution is 2.28. The van der Waals surface area contributed by atoms with Crippen molar-refractivity contribution in [1.82, 2.24) is 9.97 Å². The minimum Gasteiger partial charge on any atom is -0.385 e. The van der Waals surface area contributed by atoms with Crippen molar-refractivity contribution < 1.29 is 4.74 Å². The molecule has 1 unspecified atom stereocenters. The van der Waals surface area contributed by atoms with E-state index in [2.05, 4.69) is 16.9 Å². The number of thioether (sulfide) groups is 1. The lowest BCUT2D eigenvalue weighted by Gasteiger charge is -2.09. The first-order valence-electron chi connectivity index (χ1n) is 5.37. The summed E-state index contributed by atoms with van der Waals surface area (Å²) in [5.41, 5.74) is 5.89. The number of nitrogens with two attached hydrogens (primary N) is 1. The van der Waals surface area contributed by atoms with E-state index in [9.17, 15) is 0 Å². The van der Waals surface area contributed by atoms with E-state index in [1.54, 1.807) is 30.2 Å². The Bertz CT molecular complexity index is 500. The molecule has 0 bridgehead atoms. The van der Waals surface area contributed by atoms with Crippen LogP contribution in [-0.4, -0.2) is 28.9 Å². The zero-order valence-electron chi connectivity index (χ0n) is 9.84. The Balaban J connectivity index is 2.13. The van der Waals surface area contributed by atoms with Crippen molar-refractivity contribution in [3.05, 3.63) is 11.4 Å². The second-order valence-electron chi connectivity index (χ2n) is 3.74. The molecule has 0 aliphatic heterocycles. The summed E-state index contributed by atoms with van der Waals surface area (Å²) in [4.78, 5) is 9.77. The van der Waals surface area contributed by atoms with Crippen LogP contribution >= 0.6 is 23.1 Å². The van der Waals surface area contributed by atoms with Gasteiger partial charge in [0.05, 0.1) is 5.39 Å². The van der Waals surface area contributed by atoms with Crippen molar-refractivity contribution in [2.24, 2.45) is 0 Å². The molecule has 2 heterocycles. The largest absolute Gasteiger partial charge is 0.385 e. The van der Waals surface area contributed by atoms with Gasteiger partial charge in [-0.25, -0.2) is 9.97 Å². The lowest BCUT2D eigenvalue weighted by molar-refractivity contribution is 0.195. The van der Waals surface area contributed by atoms with Crippen LogP contribution in [0.15, 0.2) is 16.6 Å². The van der Waals surface area contributed by atoms with E-state index in [4.69, 9.17) is 10.5 Å². The average Bonchev–Trinajstić information content (AvgIpc) is 2.75. The predicted octanol–water partition coefficient (Wildman–Crippen LogP) is 2.79. The Labute approximate surface area is 109 Å². The molecule has 0 aliphatic carbocycles. The third-order valence-electron chi connectivity index (χ3n) is 2.37. The first kappa shape index (κ1) is 12.6. The van der Waals surface area contributed by atoms with Gasteiger partial charge in [0.2, 0.25) is 0 Å². The van der Waals surface area contributed by atoms with Crippen LogP contribution in [0, 0.1) is 0 Å². The standard InChI is InChI=1S/C11H15N3OS2/c1-7(3-5-15-2)17-11-13-9(12)8-4-6-16-10(8)14-11/h4,6-7H,3,5H2,1-2H3,(H2,12,13,14). The number of methoxy groups -OCH3 is 1. The number of hydrogen-bond acceptors (Lipinski definition) is 6. The predicted molar refractivity (Wildman–Crippen MR) is 73.6 cm³/mol. The van der Waals surface area contributed by atoms with E-state index in [-0.39, 0.29) is 0 Å². The summed E-state index contributed by atoms with van der Waals surface area (Å²) >= 11 is 3.23. The zero-order chi connectivity index (χ0) is 12.3. The summed E-state index contributed by atoms with van der Waals surface area (Å²) in [5, 5.41) is 4.11. The molecule has 0 saturated heterocycles. The van der Waals surface area contributed by atoms with Crippen molar-refractivity contribution in [3.8, 4) is 0 Å². The molecule has 2 rings (SSSR count). The fraction of sp³-hybridized carbons (Fsp3) is 0.455. The molecule has 0 aromatic carbocycles. The highest BCUT2D eigenvalue weighted by atomic mass is 32.2. The summed E-state index contributed by atoms with van der Waals surface area (Å²) in [6, 6.07) is 1.96. The molecule has 6 heteroatoms. The van der Waals surface area contributed by atoms with Gasteiger partial charge in [0, 0.05) is 19.0 Å². The van der Waals surface area contributed by atoms with Gasteiger partial charge in [0.15, 0.2) is 5.16 Å². The van der Waals surface area contributed by atoms with E-state index in [1.807, 2.05) is 11.4 Å². The maximum Gasteiger partial charge on any atom is 0.191 e. The lowest BCUT2D eigenvalue weighted by Crippen LogP contribution is -2.03. The molecule has 0 spiro atoms. The normalized spacial score (nSPS) is 13.1. The summed E-state index contributed by atoms with van der Waals surface area (Å²) < 4.78 is 5.05.